The molecule has 1 heterocycles. The highest BCUT2D eigenvalue weighted by Gasteiger charge is 2.20. The first-order chi connectivity index (χ1) is 6.66. The minimum atomic E-state index is -1.69. The van der Waals surface area contributed by atoms with E-state index in [1.165, 1.54) is 16.7 Å². The summed E-state index contributed by atoms with van der Waals surface area (Å²) < 4.78 is 13.4. The third kappa shape index (κ3) is 2.80. The Morgan fingerprint density at radius 3 is 2.64 bits per heavy atom. The largest absolute Gasteiger partial charge is 0.492 e. The van der Waals surface area contributed by atoms with Gasteiger partial charge in [-0.2, -0.15) is 0 Å². The molecule has 0 radical (unpaired) electrons. The lowest BCUT2D eigenvalue weighted by atomic mass is 9.82. The second kappa shape index (κ2) is 5.48. The predicted molar refractivity (Wildman–Crippen MR) is 57.3 cm³/mol. The van der Waals surface area contributed by atoms with Gasteiger partial charge in [0.05, 0.1) is 0 Å². The second-order valence-electron chi connectivity index (χ2n) is 3.26. The molecular weight excluding hydrogens is 202 g/mol. The lowest BCUT2D eigenvalue weighted by Gasteiger charge is -1.98. The number of hydrogen-bond donors (Lipinski definition) is 2. The van der Waals surface area contributed by atoms with E-state index in [9.17, 15) is 4.39 Å². The fraction of sp³-hybridized carbons (Fsp3) is 0.556. The van der Waals surface area contributed by atoms with Crippen LogP contribution in [0.5, 0.6) is 0 Å². The summed E-state index contributed by atoms with van der Waals surface area (Å²) in [5, 5.41) is 19.1. The zero-order valence-electron chi connectivity index (χ0n) is 8.16. The third-order valence-corrected chi connectivity index (χ3v) is 3.15. The lowest BCUT2D eigenvalue weighted by Crippen LogP contribution is -2.31. The van der Waals surface area contributed by atoms with Crippen LogP contribution in [-0.2, 0) is 6.42 Å². The molecule has 0 aliphatic heterocycles. The van der Waals surface area contributed by atoms with Crippen molar-refractivity contribution in [3.8, 4) is 0 Å². The van der Waals surface area contributed by atoms with Crippen molar-refractivity contribution >= 4 is 23.9 Å². The van der Waals surface area contributed by atoms with Gasteiger partial charge in [-0.1, -0.05) is 19.8 Å². The van der Waals surface area contributed by atoms with Crippen molar-refractivity contribution in [1.29, 1.82) is 0 Å². The summed E-state index contributed by atoms with van der Waals surface area (Å²) >= 11 is 1.26. The molecule has 0 aliphatic rings. The molecule has 0 amide bonds. The third-order valence-electron chi connectivity index (χ3n) is 2.11. The summed E-state index contributed by atoms with van der Waals surface area (Å²) in [5.41, 5.74) is 0.00139. The molecule has 78 valence electrons. The molecule has 0 saturated heterocycles. The monoisotopic (exact) mass is 216 g/mol. The summed E-state index contributed by atoms with van der Waals surface area (Å²) in [6, 6.07) is 0. The van der Waals surface area contributed by atoms with Gasteiger partial charge in [0, 0.05) is 10.3 Å². The standard InChI is InChI=1S/C9H14BFO2S/c1-2-3-4-5-8-9(11)7(6-14-8)10(12)13/h6,12-13H,2-5H2,1H3. The van der Waals surface area contributed by atoms with E-state index in [1.54, 1.807) is 0 Å². The maximum atomic E-state index is 13.4. The quantitative estimate of drug-likeness (QED) is 0.575. The number of aryl methyl sites for hydroxylation is 1. The van der Waals surface area contributed by atoms with Crippen molar-refractivity contribution in [2.75, 3.05) is 0 Å². The molecule has 0 saturated carbocycles. The molecule has 2 N–H and O–H groups in total. The van der Waals surface area contributed by atoms with Gasteiger partial charge in [0.1, 0.15) is 5.82 Å². The fourth-order valence-electron chi connectivity index (χ4n) is 1.28. The number of thiophene rings is 1. The van der Waals surface area contributed by atoms with Crippen LogP contribution < -0.4 is 5.46 Å². The first-order valence-corrected chi connectivity index (χ1v) is 5.66. The van der Waals surface area contributed by atoms with Gasteiger partial charge in [0.25, 0.3) is 0 Å². The van der Waals surface area contributed by atoms with Crippen molar-refractivity contribution in [3.05, 3.63) is 16.1 Å². The van der Waals surface area contributed by atoms with E-state index in [0.717, 1.165) is 19.3 Å². The van der Waals surface area contributed by atoms with Crippen LogP contribution in [0.3, 0.4) is 0 Å². The van der Waals surface area contributed by atoms with Crippen LogP contribution in [-0.4, -0.2) is 17.2 Å². The van der Waals surface area contributed by atoms with Crippen LogP contribution in [0.15, 0.2) is 5.38 Å². The summed E-state index contributed by atoms with van der Waals surface area (Å²) in [6.07, 6.45) is 3.82. The van der Waals surface area contributed by atoms with Crippen molar-refractivity contribution in [2.45, 2.75) is 32.6 Å². The predicted octanol–water partition coefficient (Wildman–Crippen LogP) is 1.30. The van der Waals surface area contributed by atoms with Crippen LogP contribution >= 0.6 is 11.3 Å². The van der Waals surface area contributed by atoms with Crippen LogP contribution in [0.1, 0.15) is 31.1 Å². The van der Waals surface area contributed by atoms with E-state index in [-0.39, 0.29) is 5.46 Å². The van der Waals surface area contributed by atoms with E-state index in [4.69, 9.17) is 10.0 Å². The average molecular weight is 216 g/mol. The zero-order valence-corrected chi connectivity index (χ0v) is 8.98. The van der Waals surface area contributed by atoms with Crippen LogP contribution in [0.4, 0.5) is 4.39 Å². The van der Waals surface area contributed by atoms with E-state index < -0.39 is 12.9 Å². The maximum absolute atomic E-state index is 13.4. The van der Waals surface area contributed by atoms with Crippen LogP contribution in [0.2, 0.25) is 0 Å². The molecule has 0 aromatic carbocycles. The zero-order chi connectivity index (χ0) is 10.6. The van der Waals surface area contributed by atoms with E-state index in [0.29, 0.717) is 11.3 Å². The average Bonchev–Trinajstić information content (AvgIpc) is 2.48. The summed E-state index contributed by atoms with van der Waals surface area (Å²) in [6.45, 7) is 2.09. The fourth-order valence-corrected chi connectivity index (χ4v) is 2.26. The number of unbranched alkanes of at least 4 members (excludes halogenated alkanes) is 2. The van der Waals surface area contributed by atoms with Crippen LogP contribution in [0.25, 0.3) is 0 Å². The highest BCUT2D eigenvalue weighted by atomic mass is 32.1. The Balaban J connectivity index is 2.60. The lowest BCUT2D eigenvalue weighted by molar-refractivity contribution is 0.423. The molecule has 5 heteroatoms. The summed E-state index contributed by atoms with van der Waals surface area (Å²) in [5.74, 6) is -0.443. The molecule has 0 aliphatic carbocycles. The minimum absolute atomic E-state index is 0.00139. The van der Waals surface area contributed by atoms with E-state index >= 15 is 0 Å². The van der Waals surface area contributed by atoms with Crippen LogP contribution in [0, 0.1) is 5.82 Å². The Morgan fingerprint density at radius 2 is 2.14 bits per heavy atom. The van der Waals surface area contributed by atoms with E-state index in [1.807, 2.05) is 0 Å². The molecule has 1 rings (SSSR count). The summed E-state index contributed by atoms with van der Waals surface area (Å²) in [7, 11) is -1.69. The number of halogens is 1. The van der Waals surface area contributed by atoms with Gasteiger partial charge >= 0.3 is 7.12 Å². The first kappa shape index (κ1) is 11.7. The maximum Gasteiger partial charge on any atom is 0.492 e. The topological polar surface area (TPSA) is 40.5 Å². The normalized spacial score (nSPS) is 10.6. The van der Waals surface area contributed by atoms with Gasteiger partial charge in [-0.25, -0.2) is 4.39 Å². The minimum Gasteiger partial charge on any atom is -0.423 e. The molecular formula is C9H14BFO2S. The number of hydrogen-bond acceptors (Lipinski definition) is 3. The highest BCUT2D eigenvalue weighted by molar-refractivity contribution is 7.11. The molecule has 14 heavy (non-hydrogen) atoms. The van der Waals surface area contributed by atoms with Gasteiger partial charge in [-0.15, -0.1) is 11.3 Å². The Morgan fingerprint density at radius 1 is 1.43 bits per heavy atom. The molecule has 0 fully saturated rings. The Kier molecular flexibility index (Phi) is 4.58. The molecule has 0 unspecified atom stereocenters. The molecule has 1 aromatic rings. The Hall–Kier alpha value is -0.385. The SMILES string of the molecule is CCCCCc1scc(B(O)O)c1F. The van der Waals surface area contributed by atoms with Crippen molar-refractivity contribution < 1.29 is 14.4 Å². The van der Waals surface area contributed by atoms with Crippen molar-refractivity contribution in [1.82, 2.24) is 0 Å². The molecule has 0 spiro atoms. The van der Waals surface area contributed by atoms with Crippen molar-refractivity contribution in [3.63, 3.8) is 0 Å². The Labute approximate surface area is 87.5 Å². The van der Waals surface area contributed by atoms with Gasteiger partial charge in [0.15, 0.2) is 0 Å². The smallest absolute Gasteiger partial charge is 0.423 e. The number of rotatable bonds is 5. The Bertz CT molecular complexity index is 288. The van der Waals surface area contributed by atoms with Gasteiger partial charge in [0.2, 0.25) is 0 Å². The molecule has 0 bridgehead atoms. The highest BCUT2D eigenvalue weighted by Crippen LogP contribution is 2.16. The van der Waals surface area contributed by atoms with Gasteiger partial charge in [-0.05, 0) is 18.2 Å². The van der Waals surface area contributed by atoms with Gasteiger partial charge in [-0.3, -0.25) is 0 Å². The van der Waals surface area contributed by atoms with Crippen molar-refractivity contribution in [2.24, 2.45) is 0 Å². The van der Waals surface area contributed by atoms with Gasteiger partial charge < -0.3 is 10.0 Å². The second-order valence-corrected chi connectivity index (χ2v) is 4.22. The molecule has 1 aromatic heterocycles. The first-order valence-electron chi connectivity index (χ1n) is 4.78. The molecule has 0 atom stereocenters. The summed E-state index contributed by atoms with van der Waals surface area (Å²) in [4.78, 5) is 0.626. The van der Waals surface area contributed by atoms with E-state index in [2.05, 4.69) is 6.92 Å². The molecule has 2 nitrogen and oxygen atoms in total.